The molecule has 0 aliphatic rings. The maximum absolute atomic E-state index is 12.4. The summed E-state index contributed by atoms with van der Waals surface area (Å²) in [6.45, 7) is 1.86. The third-order valence-electron chi connectivity index (χ3n) is 4.54. The van der Waals surface area contributed by atoms with Gasteiger partial charge in [-0.3, -0.25) is 9.59 Å². The third kappa shape index (κ3) is 7.05. The third-order valence-corrected chi connectivity index (χ3v) is 5.97. The van der Waals surface area contributed by atoms with Gasteiger partial charge in [0.1, 0.15) is 18.4 Å². The summed E-state index contributed by atoms with van der Waals surface area (Å²) in [5, 5.41) is 7.57. The van der Waals surface area contributed by atoms with E-state index >= 15 is 0 Å². The van der Waals surface area contributed by atoms with Crippen LogP contribution < -0.4 is 15.5 Å². The molecule has 2 amide bonds. The minimum absolute atomic E-state index is 0.284. The number of para-hydroxylation sites is 1. The van der Waals surface area contributed by atoms with E-state index in [9.17, 15) is 9.59 Å². The van der Waals surface area contributed by atoms with Gasteiger partial charge < -0.3 is 10.1 Å². The lowest BCUT2D eigenvalue weighted by molar-refractivity contribution is -0.122. The molecule has 0 aliphatic carbocycles. The van der Waals surface area contributed by atoms with Crippen molar-refractivity contribution in [2.75, 3.05) is 0 Å². The van der Waals surface area contributed by atoms with Crippen LogP contribution in [0.2, 0.25) is 10.0 Å². The minimum Gasteiger partial charge on any atom is -0.488 e. The molecular formula is C24H20BrCl2N3O3. The first-order valence-electron chi connectivity index (χ1n) is 9.89. The second-order valence-corrected chi connectivity index (χ2v) is 8.65. The number of rotatable bonds is 8. The van der Waals surface area contributed by atoms with Crippen molar-refractivity contribution < 1.29 is 14.3 Å². The number of nitrogens with zero attached hydrogens (tertiary/aromatic N) is 1. The van der Waals surface area contributed by atoms with Gasteiger partial charge in [-0.15, -0.1) is 0 Å². The topological polar surface area (TPSA) is 79.8 Å². The molecule has 0 bridgehead atoms. The summed E-state index contributed by atoms with van der Waals surface area (Å²) in [5.74, 6) is -0.243. The molecule has 3 aromatic carbocycles. The molecule has 6 nitrogen and oxygen atoms in total. The van der Waals surface area contributed by atoms with Gasteiger partial charge in [0.2, 0.25) is 0 Å². The highest BCUT2D eigenvalue weighted by Crippen LogP contribution is 2.24. The molecule has 3 rings (SSSR count). The summed E-state index contributed by atoms with van der Waals surface area (Å²) in [7, 11) is 0. The highest BCUT2D eigenvalue weighted by molar-refractivity contribution is 9.10. The number of hydrogen-bond donors (Lipinski definition) is 2. The average molecular weight is 549 g/mol. The summed E-state index contributed by atoms with van der Waals surface area (Å²) >= 11 is 15.3. The molecule has 2 N–H and O–H groups in total. The largest absolute Gasteiger partial charge is 0.488 e. The number of hydrogen-bond acceptors (Lipinski definition) is 4. The fourth-order valence-electron chi connectivity index (χ4n) is 2.76. The highest BCUT2D eigenvalue weighted by Gasteiger charge is 2.17. The second kappa shape index (κ2) is 11.8. The zero-order valence-electron chi connectivity index (χ0n) is 17.5. The van der Waals surface area contributed by atoms with Crippen molar-refractivity contribution in [3.63, 3.8) is 0 Å². The molecule has 0 heterocycles. The Morgan fingerprint density at radius 3 is 2.55 bits per heavy atom. The lowest BCUT2D eigenvalue weighted by atomic mass is 10.2. The molecule has 0 saturated heterocycles. The Hall–Kier alpha value is -2.87. The number of halogens is 3. The number of carbonyl (C=O) groups excluding carboxylic acids is 2. The van der Waals surface area contributed by atoms with Crippen molar-refractivity contribution in [3.8, 4) is 5.75 Å². The SMILES string of the molecule is CC(NC(=O)c1ccccc1Br)C(=O)NN=Cc1ccccc1OCc1ccc(Cl)c(Cl)c1. The molecule has 33 heavy (non-hydrogen) atoms. The number of hydrazone groups is 1. The van der Waals surface area contributed by atoms with E-state index in [2.05, 4.69) is 31.8 Å². The van der Waals surface area contributed by atoms with E-state index in [1.165, 1.54) is 6.21 Å². The first-order valence-corrected chi connectivity index (χ1v) is 11.4. The zero-order chi connectivity index (χ0) is 23.8. The smallest absolute Gasteiger partial charge is 0.262 e. The number of amides is 2. The Kier molecular flexibility index (Phi) is 8.88. The van der Waals surface area contributed by atoms with Gasteiger partial charge in [-0.25, -0.2) is 5.43 Å². The first kappa shape index (κ1) is 24.8. The van der Waals surface area contributed by atoms with Crippen LogP contribution in [0.3, 0.4) is 0 Å². The van der Waals surface area contributed by atoms with Gasteiger partial charge in [0.15, 0.2) is 0 Å². The number of nitrogens with one attached hydrogen (secondary N) is 2. The standard InChI is InChI=1S/C24H20BrCl2N3O3/c1-15(29-24(32)18-7-3-4-8-19(18)25)23(31)30-28-13-17-6-2-5-9-22(17)33-14-16-10-11-20(26)21(27)12-16/h2-13,15H,14H2,1H3,(H,29,32)(H,30,31). The van der Waals surface area contributed by atoms with E-state index in [1.54, 1.807) is 55.5 Å². The molecule has 9 heteroatoms. The maximum atomic E-state index is 12.4. The van der Waals surface area contributed by atoms with Gasteiger partial charge in [0.05, 0.1) is 21.8 Å². The van der Waals surface area contributed by atoms with E-state index in [0.717, 1.165) is 5.56 Å². The van der Waals surface area contributed by atoms with E-state index in [0.29, 0.717) is 31.4 Å². The molecule has 1 unspecified atom stereocenters. The predicted octanol–water partition coefficient (Wildman–Crippen LogP) is 5.60. The molecule has 0 spiro atoms. The highest BCUT2D eigenvalue weighted by atomic mass is 79.9. The second-order valence-electron chi connectivity index (χ2n) is 6.98. The van der Waals surface area contributed by atoms with Crippen molar-refractivity contribution in [3.05, 3.63) is 97.9 Å². The summed E-state index contributed by atoms with van der Waals surface area (Å²) < 4.78 is 6.51. The van der Waals surface area contributed by atoms with Crippen molar-refractivity contribution in [1.29, 1.82) is 0 Å². The van der Waals surface area contributed by atoms with Crippen LogP contribution in [0.25, 0.3) is 0 Å². The van der Waals surface area contributed by atoms with Crippen LogP contribution in [-0.2, 0) is 11.4 Å². The van der Waals surface area contributed by atoms with Crippen LogP contribution >= 0.6 is 39.1 Å². The number of benzene rings is 3. The zero-order valence-corrected chi connectivity index (χ0v) is 20.6. The predicted molar refractivity (Wildman–Crippen MR) is 134 cm³/mol. The summed E-state index contributed by atoms with van der Waals surface area (Å²) in [5.41, 5.74) is 4.40. The van der Waals surface area contributed by atoms with Crippen LogP contribution in [0.15, 0.2) is 76.3 Å². The molecule has 3 aromatic rings. The van der Waals surface area contributed by atoms with Crippen molar-refractivity contribution in [2.45, 2.75) is 19.6 Å². The lowest BCUT2D eigenvalue weighted by Crippen LogP contribution is -2.43. The summed E-state index contributed by atoms with van der Waals surface area (Å²) in [6, 6.07) is 18.7. The quantitative estimate of drug-likeness (QED) is 0.284. The van der Waals surface area contributed by atoms with Crippen molar-refractivity contribution in [2.24, 2.45) is 5.10 Å². The monoisotopic (exact) mass is 547 g/mol. The molecular weight excluding hydrogens is 529 g/mol. The molecule has 0 aromatic heterocycles. The van der Waals surface area contributed by atoms with Gasteiger partial charge in [-0.05, 0) is 64.8 Å². The maximum Gasteiger partial charge on any atom is 0.262 e. The Bertz CT molecular complexity index is 1190. The lowest BCUT2D eigenvalue weighted by Gasteiger charge is -2.13. The summed E-state index contributed by atoms with van der Waals surface area (Å²) in [4.78, 5) is 24.7. The van der Waals surface area contributed by atoms with Crippen LogP contribution in [0, 0.1) is 0 Å². The Balaban J connectivity index is 1.57. The van der Waals surface area contributed by atoms with Crippen molar-refractivity contribution >= 4 is 57.2 Å². The van der Waals surface area contributed by atoms with Crippen molar-refractivity contribution in [1.82, 2.24) is 10.7 Å². The fraction of sp³-hybridized carbons (Fsp3) is 0.125. The average Bonchev–Trinajstić information content (AvgIpc) is 2.80. The Labute approximate surface area is 210 Å². The van der Waals surface area contributed by atoms with Gasteiger partial charge in [-0.1, -0.05) is 53.5 Å². The Morgan fingerprint density at radius 2 is 1.79 bits per heavy atom. The van der Waals surface area contributed by atoms with Gasteiger partial charge in [-0.2, -0.15) is 5.10 Å². The van der Waals surface area contributed by atoms with Gasteiger partial charge >= 0.3 is 0 Å². The van der Waals surface area contributed by atoms with E-state index in [-0.39, 0.29) is 12.5 Å². The van der Waals surface area contributed by atoms with E-state index in [1.807, 2.05) is 18.2 Å². The van der Waals surface area contributed by atoms with Crippen LogP contribution in [0.5, 0.6) is 5.75 Å². The molecule has 0 saturated carbocycles. The van der Waals surface area contributed by atoms with Crippen LogP contribution in [0.1, 0.15) is 28.4 Å². The molecule has 1 atom stereocenters. The molecule has 0 fully saturated rings. The number of carbonyl (C=O) groups is 2. The Morgan fingerprint density at radius 1 is 1.06 bits per heavy atom. The summed E-state index contributed by atoms with van der Waals surface area (Å²) in [6.07, 6.45) is 1.48. The van der Waals surface area contributed by atoms with E-state index in [4.69, 9.17) is 27.9 Å². The van der Waals surface area contributed by atoms with Gasteiger partial charge in [0, 0.05) is 10.0 Å². The number of ether oxygens (including phenoxy) is 1. The van der Waals surface area contributed by atoms with E-state index < -0.39 is 11.9 Å². The van der Waals surface area contributed by atoms with Gasteiger partial charge in [0.25, 0.3) is 11.8 Å². The van der Waals surface area contributed by atoms with Crippen LogP contribution in [-0.4, -0.2) is 24.1 Å². The molecule has 170 valence electrons. The molecule has 0 radical (unpaired) electrons. The fourth-order valence-corrected chi connectivity index (χ4v) is 3.54. The first-order chi connectivity index (χ1) is 15.8. The molecule has 0 aliphatic heterocycles. The normalized spacial score (nSPS) is 11.8. The minimum atomic E-state index is -0.789. The van der Waals surface area contributed by atoms with Crippen LogP contribution in [0.4, 0.5) is 0 Å².